The number of hydrogen-bond acceptors (Lipinski definition) is 3. The Morgan fingerprint density at radius 2 is 1.92 bits per heavy atom. The molecule has 0 fully saturated rings. The lowest BCUT2D eigenvalue weighted by Gasteiger charge is -2.31. The lowest BCUT2D eigenvalue weighted by Crippen LogP contribution is -2.38. The van der Waals surface area contributed by atoms with E-state index in [9.17, 15) is 10.2 Å². The van der Waals surface area contributed by atoms with Gasteiger partial charge in [0, 0.05) is 5.56 Å². The largest absolute Gasteiger partial charge is 0.488 e. The SMILES string of the molecule is CC1Oc2ccccc2C(O)C1O. The molecule has 1 aliphatic heterocycles. The van der Waals surface area contributed by atoms with Crippen LogP contribution in [0.1, 0.15) is 18.6 Å². The summed E-state index contributed by atoms with van der Waals surface area (Å²) in [6.45, 7) is 1.74. The summed E-state index contributed by atoms with van der Waals surface area (Å²) in [6, 6.07) is 7.21. The van der Waals surface area contributed by atoms with Crippen molar-refractivity contribution < 1.29 is 14.9 Å². The zero-order valence-corrected chi connectivity index (χ0v) is 7.34. The van der Waals surface area contributed by atoms with E-state index in [1.165, 1.54) is 0 Å². The van der Waals surface area contributed by atoms with Crippen LogP contribution < -0.4 is 4.74 Å². The topological polar surface area (TPSA) is 49.7 Å². The lowest BCUT2D eigenvalue weighted by atomic mass is 9.97. The predicted octanol–water partition coefficient (Wildman–Crippen LogP) is 0.862. The number of fused-ring (bicyclic) bond motifs is 1. The first-order chi connectivity index (χ1) is 6.20. The van der Waals surface area contributed by atoms with Crippen LogP contribution in [-0.2, 0) is 0 Å². The van der Waals surface area contributed by atoms with Gasteiger partial charge in [0.25, 0.3) is 0 Å². The summed E-state index contributed by atoms with van der Waals surface area (Å²) >= 11 is 0. The third-order valence-corrected chi connectivity index (χ3v) is 2.35. The number of benzene rings is 1. The molecule has 2 rings (SSSR count). The zero-order valence-electron chi connectivity index (χ0n) is 7.34. The fraction of sp³-hybridized carbons (Fsp3) is 0.400. The van der Waals surface area contributed by atoms with Crippen LogP contribution in [0, 0.1) is 0 Å². The molecular weight excluding hydrogens is 168 g/mol. The van der Waals surface area contributed by atoms with E-state index < -0.39 is 12.2 Å². The van der Waals surface area contributed by atoms with Crippen LogP contribution in [0.2, 0.25) is 0 Å². The molecule has 0 amide bonds. The van der Waals surface area contributed by atoms with Crippen LogP contribution in [0.15, 0.2) is 24.3 Å². The molecule has 0 bridgehead atoms. The fourth-order valence-electron chi connectivity index (χ4n) is 1.54. The molecule has 3 atom stereocenters. The fourth-order valence-corrected chi connectivity index (χ4v) is 1.54. The standard InChI is InChI=1S/C10H12O3/c1-6-9(11)10(12)7-4-2-3-5-8(7)13-6/h2-6,9-12H,1H3. The van der Waals surface area contributed by atoms with Gasteiger partial charge in [-0.25, -0.2) is 0 Å². The molecule has 1 heterocycles. The van der Waals surface area contributed by atoms with Crippen LogP contribution in [0.3, 0.4) is 0 Å². The zero-order chi connectivity index (χ0) is 9.42. The highest BCUT2D eigenvalue weighted by molar-refractivity contribution is 5.37. The van der Waals surface area contributed by atoms with E-state index in [0.717, 1.165) is 0 Å². The molecule has 3 heteroatoms. The van der Waals surface area contributed by atoms with Crippen LogP contribution in [-0.4, -0.2) is 22.4 Å². The summed E-state index contributed by atoms with van der Waals surface area (Å²) in [4.78, 5) is 0. The Bertz CT molecular complexity index is 311. The van der Waals surface area contributed by atoms with Crippen molar-refractivity contribution in [2.45, 2.75) is 25.2 Å². The molecule has 13 heavy (non-hydrogen) atoms. The number of rotatable bonds is 0. The minimum Gasteiger partial charge on any atom is -0.488 e. The maximum absolute atomic E-state index is 9.67. The molecular formula is C10H12O3. The Balaban J connectivity index is 2.43. The maximum Gasteiger partial charge on any atom is 0.125 e. The number of ether oxygens (including phenoxy) is 1. The van der Waals surface area contributed by atoms with E-state index in [1.54, 1.807) is 19.1 Å². The molecule has 0 aromatic heterocycles. The van der Waals surface area contributed by atoms with Crippen molar-refractivity contribution >= 4 is 0 Å². The van der Waals surface area contributed by atoms with E-state index in [4.69, 9.17) is 4.74 Å². The second-order valence-electron chi connectivity index (χ2n) is 3.30. The predicted molar refractivity (Wildman–Crippen MR) is 47.5 cm³/mol. The van der Waals surface area contributed by atoms with Crippen LogP contribution >= 0.6 is 0 Å². The van der Waals surface area contributed by atoms with Gasteiger partial charge < -0.3 is 14.9 Å². The average molecular weight is 180 g/mol. The maximum atomic E-state index is 9.67. The molecule has 0 radical (unpaired) electrons. The Kier molecular flexibility index (Phi) is 1.98. The third kappa shape index (κ3) is 1.30. The van der Waals surface area contributed by atoms with Crippen molar-refractivity contribution in [2.24, 2.45) is 0 Å². The molecule has 0 spiro atoms. The van der Waals surface area contributed by atoms with Crippen LogP contribution in [0.4, 0.5) is 0 Å². The highest BCUT2D eigenvalue weighted by Crippen LogP contribution is 2.34. The van der Waals surface area contributed by atoms with Gasteiger partial charge in [0.05, 0.1) is 0 Å². The molecule has 1 aromatic rings. The second-order valence-corrected chi connectivity index (χ2v) is 3.30. The third-order valence-electron chi connectivity index (χ3n) is 2.35. The number of aliphatic hydroxyl groups excluding tert-OH is 2. The normalized spacial score (nSPS) is 32.1. The number of aliphatic hydroxyl groups is 2. The van der Waals surface area contributed by atoms with E-state index in [1.807, 2.05) is 12.1 Å². The molecule has 3 unspecified atom stereocenters. The molecule has 0 saturated carbocycles. The van der Waals surface area contributed by atoms with Crippen molar-refractivity contribution in [2.75, 3.05) is 0 Å². The van der Waals surface area contributed by atoms with Crippen molar-refractivity contribution in [1.29, 1.82) is 0 Å². The Labute approximate surface area is 76.6 Å². The van der Waals surface area contributed by atoms with Crippen LogP contribution in [0.5, 0.6) is 5.75 Å². The van der Waals surface area contributed by atoms with Gasteiger partial charge in [0.1, 0.15) is 24.1 Å². The van der Waals surface area contributed by atoms with Gasteiger partial charge in [-0.3, -0.25) is 0 Å². The molecule has 3 nitrogen and oxygen atoms in total. The van der Waals surface area contributed by atoms with Crippen LogP contribution in [0.25, 0.3) is 0 Å². The summed E-state index contributed by atoms with van der Waals surface area (Å²) in [7, 11) is 0. The van der Waals surface area contributed by atoms with Gasteiger partial charge in [0.2, 0.25) is 0 Å². The van der Waals surface area contributed by atoms with Gasteiger partial charge in [0.15, 0.2) is 0 Å². The van der Waals surface area contributed by atoms with Gasteiger partial charge in [-0.05, 0) is 13.0 Å². The first kappa shape index (κ1) is 8.53. The molecule has 0 saturated heterocycles. The van der Waals surface area contributed by atoms with Gasteiger partial charge in [-0.2, -0.15) is 0 Å². The summed E-state index contributed by atoms with van der Waals surface area (Å²) in [5.41, 5.74) is 0.660. The van der Waals surface area contributed by atoms with Crippen molar-refractivity contribution in [3.05, 3.63) is 29.8 Å². The molecule has 70 valence electrons. The second kappa shape index (κ2) is 3.01. The average Bonchev–Trinajstić information content (AvgIpc) is 2.15. The Morgan fingerprint density at radius 1 is 1.23 bits per heavy atom. The molecule has 1 aromatic carbocycles. The van der Waals surface area contributed by atoms with E-state index in [0.29, 0.717) is 11.3 Å². The van der Waals surface area contributed by atoms with E-state index in [2.05, 4.69) is 0 Å². The van der Waals surface area contributed by atoms with Crippen molar-refractivity contribution in [3.63, 3.8) is 0 Å². The number of para-hydroxylation sites is 1. The van der Waals surface area contributed by atoms with E-state index in [-0.39, 0.29) is 6.10 Å². The summed E-state index contributed by atoms with van der Waals surface area (Å²) < 4.78 is 5.40. The minimum atomic E-state index is -0.838. The highest BCUT2D eigenvalue weighted by Gasteiger charge is 2.32. The lowest BCUT2D eigenvalue weighted by molar-refractivity contribution is -0.0614. The van der Waals surface area contributed by atoms with Gasteiger partial charge in [-0.1, -0.05) is 18.2 Å². The smallest absolute Gasteiger partial charge is 0.125 e. The Hall–Kier alpha value is -1.06. The quantitative estimate of drug-likeness (QED) is 0.622. The summed E-state index contributed by atoms with van der Waals surface area (Å²) in [5, 5.41) is 19.2. The van der Waals surface area contributed by atoms with Gasteiger partial charge in [-0.15, -0.1) is 0 Å². The van der Waals surface area contributed by atoms with Gasteiger partial charge >= 0.3 is 0 Å². The Morgan fingerprint density at radius 3 is 2.69 bits per heavy atom. The minimum absolute atomic E-state index is 0.357. The number of hydrogen-bond donors (Lipinski definition) is 2. The van der Waals surface area contributed by atoms with E-state index >= 15 is 0 Å². The molecule has 0 aliphatic carbocycles. The molecule has 1 aliphatic rings. The van der Waals surface area contributed by atoms with Crippen molar-refractivity contribution in [3.8, 4) is 5.75 Å². The summed E-state index contributed by atoms with van der Waals surface area (Å²) in [5.74, 6) is 0.660. The monoisotopic (exact) mass is 180 g/mol. The molecule has 2 N–H and O–H groups in total. The first-order valence-corrected chi connectivity index (χ1v) is 4.32. The highest BCUT2D eigenvalue weighted by atomic mass is 16.5. The van der Waals surface area contributed by atoms with Crippen molar-refractivity contribution in [1.82, 2.24) is 0 Å². The first-order valence-electron chi connectivity index (χ1n) is 4.32. The summed E-state index contributed by atoms with van der Waals surface area (Å²) in [6.07, 6.45) is -2.03.